The fraction of sp³-hybridized carbons (Fsp3) is 0.429. The number of carbonyl (C=O) groups excluding carboxylic acids is 1. The minimum Gasteiger partial charge on any atom is -0.330 e. The molecule has 5 nitrogen and oxygen atoms in total. The predicted octanol–water partition coefficient (Wildman–Crippen LogP) is 2.12. The van der Waals surface area contributed by atoms with E-state index in [0.29, 0.717) is 12.5 Å². The molecule has 0 fully saturated rings. The Kier molecular flexibility index (Phi) is 4.16. The minimum atomic E-state index is -0.141. The van der Waals surface area contributed by atoms with Crippen LogP contribution in [0.25, 0.3) is 10.9 Å². The number of H-pyrrole nitrogens is 1. The largest absolute Gasteiger partial charge is 0.330 e. The number of aromatic amines is 1. The van der Waals surface area contributed by atoms with Gasteiger partial charge >= 0.3 is 0 Å². The van der Waals surface area contributed by atoms with E-state index in [-0.39, 0.29) is 11.8 Å². The van der Waals surface area contributed by atoms with Gasteiger partial charge in [0.1, 0.15) is 0 Å². The van der Waals surface area contributed by atoms with Crippen LogP contribution < -0.4 is 11.1 Å². The van der Waals surface area contributed by atoms with Crippen LogP contribution in [0.15, 0.2) is 24.4 Å². The third-order valence-corrected chi connectivity index (χ3v) is 3.12. The number of hydrogen-bond donors (Lipinski definition) is 3. The minimum absolute atomic E-state index is 0.0185. The summed E-state index contributed by atoms with van der Waals surface area (Å²) >= 11 is 0. The maximum Gasteiger partial charge on any atom is 0.228 e. The first-order valence-electron chi connectivity index (χ1n) is 6.54. The SMILES string of the molecule is CC(C)CC(CN)C(=O)Nc1ccc2cn[nH]c2c1. The molecular weight excluding hydrogens is 240 g/mol. The number of fused-ring (bicyclic) bond motifs is 1. The Bertz CT molecular complexity index is 561. The van der Waals surface area contributed by atoms with Gasteiger partial charge in [-0.05, 0) is 30.5 Å². The second kappa shape index (κ2) is 5.84. The Hall–Kier alpha value is -1.88. The second-order valence-electron chi connectivity index (χ2n) is 5.22. The van der Waals surface area contributed by atoms with Gasteiger partial charge in [-0.2, -0.15) is 5.10 Å². The fourth-order valence-corrected chi connectivity index (χ4v) is 2.14. The molecule has 0 aliphatic rings. The van der Waals surface area contributed by atoms with Gasteiger partial charge in [-0.15, -0.1) is 0 Å². The number of nitrogens with one attached hydrogen (secondary N) is 2. The van der Waals surface area contributed by atoms with Crippen LogP contribution in [-0.2, 0) is 4.79 Å². The molecule has 19 heavy (non-hydrogen) atoms. The molecular formula is C14H20N4O. The van der Waals surface area contributed by atoms with Crippen LogP contribution in [0.4, 0.5) is 5.69 Å². The maximum absolute atomic E-state index is 12.1. The second-order valence-corrected chi connectivity index (χ2v) is 5.22. The number of amides is 1. The van der Waals surface area contributed by atoms with Gasteiger partial charge in [0, 0.05) is 17.6 Å². The number of aromatic nitrogens is 2. The van der Waals surface area contributed by atoms with E-state index in [1.807, 2.05) is 18.2 Å². The van der Waals surface area contributed by atoms with Crippen molar-refractivity contribution in [2.75, 3.05) is 11.9 Å². The highest BCUT2D eigenvalue weighted by molar-refractivity contribution is 5.94. The standard InChI is InChI=1S/C14H20N4O/c1-9(2)5-11(7-15)14(19)17-12-4-3-10-8-16-18-13(10)6-12/h3-4,6,8-9,11H,5,7,15H2,1-2H3,(H,16,18)(H,17,19). The number of nitrogens with zero attached hydrogens (tertiary/aromatic N) is 1. The lowest BCUT2D eigenvalue weighted by molar-refractivity contribution is -0.120. The number of benzene rings is 1. The van der Waals surface area contributed by atoms with Crippen LogP contribution in [0.1, 0.15) is 20.3 Å². The van der Waals surface area contributed by atoms with Crippen molar-refractivity contribution in [1.29, 1.82) is 0 Å². The van der Waals surface area contributed by atoms with Crippen LogP contribution >= 0.6 is 0 Å². The van der Waals surface area contributed by atoms with Crippen molar-refractivity contribution in [2.45, 2.75) is 20.3 Å². The normalized spacial score (nSPS) is 12.8. The molecule has 1 aromatic heterocycles. The van der Waals surface area contributed by atoms with Gasteiger partial charge in [0.15, 0.2) is 0 Å². The quantitative estimate of drug-likeness (QED) is 0.770. The highest BCUT2D eigenvalue weighted by Gasteiger charge is 2.18. The van der Waals surface area contributed by atoms with Gasteiger partial charge in [-0.1, -0.05) is 13.8 Å². The number of carbonyl (C=O) groups is 1. The number of anilines is 1. The van der Waals surface area contributed by atoms with Crippen LogP contribution in [0.2, 0.25) is 0 Å². The first kappa shape index (κ1) is 13.5. The Balaban J connectivity index is 2.08. The molecule has 2 aromatic rings. The smallest absolute Gasteiger partial charge is 0.228 e. The zero-order valence-electron chi connectivity index (χ0n) is 11.3. The summed E-state index contributed by atoms with van der Waals surface area (Å²) in [7, 11) is 0. The molecule has 0 radical (unpaired) electrons. The molecule has 0 bridgehead atoms. The van der Waals surface area contributed by atoms with E-state index in [9.17, 15) is 4.79 Å². The van der Waals surface area contributed by atoms with Gasteiger partial charge in [0.25, 0.3) is 0 Å². The third-order valence-electron chi connectivity index (χ3n) is 3.12. The topological polar surface area (TPSA) is 83.8 Å². The Morgan fingerprint density at radius 3 is 2.95 bits per heavy atom. The van der Waals surface area contributed by atoms with Crippen molar-refractivity contribution in [3.8, 4) is 0 Å². The van der Waals surface area contributed by atoms with Crippen molar-refractivity contribution in [3.63, 3.8) is 0 Å². The molecule has 0 aliphatic heterocycles. The molecule has 1 heterocycles. The van der Waals surface area contributed by atoms with Crippen molar-refractivity contribution >= 4 is 22.5 Å². The summed E-state index contributed by atoms with van der Waals surface area (Å²) in [6.45, 7) is 4.55. The molecule has 5 heteroatoms. The summed E-state index contributed by atoms with van der Waals surface area (Å²) in [4.78, 5) is 12.1. The Morgan fingerprint density at radius 1 is 1.47 bits per heavy atom. The molecule has 0 saturated carbocycles. The zero-order chi connectivity index (χ0) is 13.8. The molecule has 0 spiro atoms. The average molecular weight is 260 g/mol. The van der Waals surface area contributed by atoms with Crippen LogP contribution in [0.5, 0.6) is 0 Å². The highest BCUT2D eigenvalue weighted by atomic mass is 16.1. The van der Waals surface area contributed by atoms with E-state index in [4.69, 9.17) is 5.73 Å². The van der Waals surface area contributed by atoms with Gasteiger partial charge in [0.05, 0.1) is 17.6 Å². The molecule has 102 valence electrons. The summed E-state index contributed by atoms with van der Waals surface area (Å²) < 4.78 is 0. The van der Waals surface area contributed by atoms with E-state index in [1.54, 1.807) is 6.20 Å². The Labute approximate surface area is 112 Å². The third kappa shape index (κ3) is 3.32. The highest BCUT2D eigenvalue weighted by Crippen LogP contribution is 2.18. The van der Waals surface area contributed by atoms with E-state index >= 15 is 0 Å². The number of nitrogens with two attached hydrogens (primary N) is 1. The van der Waals surface area contributed by atoms with Crippen LogP contribution in [0.3, 0.4) is 0 Å². The Morgan fingerprint density at radius 2 is 2.26 bits per heavy atom. The van der Waals surface area contributed by atoms with Crippen molar-refractivity contribution in [3.05, 3.63) is 24.4 Å². The molecule has 1 aromatic carbocycles. The maximum atomic E-state index is 12.1. The van der Waals surface area contributed by atoms with E-state index in [2.05, 4.69) is 29.4 Å². The van der Waals surface area contributed by atoms with Crippen LogP contribution in [-0.4, -0.2) is 22.6 Å². The summed E-state index contributed by atoms with van der Waals surface area (Å²) in [5.74, 6) is 0.293. The summed E-state index contributed by atoms with van der Waals surface area (Å²) in [6, 6.07) is 5.68. The molecule has 1 amide bonds. The van der Waals surface area contributed by atoms with Gasteiger partial charge in [-0.3, -0.25) is 9.89 Å². The van der Waals surface area contributed by atoms with Crippen molar-refractivity contribution in [1.82, 2.24) is 10.2 Å². The van der Waals surface area contributed by atoms with Crippen LogP contribution in [0, 0.1) is 11.8 Å². The lowest BCUT2D eigenvalue weighted by atomic mass is 9.96. The van der Waals surface area contributed by atoms with E-state index in [1.165, 1.54) is 0 Å². The molecule has 1 unspecified atom stereocenters. The lowest BCUT2D eigenvalue weighted by Crippen LogP contribution is -2.30. The summed E-state index contributed by atoms with van der Waals surface area (Å²) in [5, 5.41) is 10.8. The van der Waals surface area contributed by atoms with E-state index in [0.717, 1.165) is 23.0 Å². The average Bonchev–Trinajstić information content (AvgIpc) is 2.82. The molecule has 2 rings (SSSR count). The lowest BCUT2D eigenvalue weighted by Gasteiger charge is -2.16. The molecule has 0 saturated heterocycles. The van der Waals surface area contributed by atoms with Gasteiger partial charge < -0.3 is 11.1 Å². The predicted molar refractivity (Wildman–Crippen MR) is 76.7 cm³/mol. The zero-order valence-corrected chi connectivity index (χ0v) is 11.3. The molecule has 4 N–H and O–H groups in total. The number of hydrogen-bond acceptors (Lipinski definition) is 3. The van der Waals surface area contributed by atoms with E-state index < -0.39 is 0 Å². The fourth-order valence-electron chi connectivity index (χ4n) is 2.14. The number of rotatable bonds is 5. The van der Waals surface area contributed by atoms with Gasteiger partial charge in [0.2, 0.25) is 5.91 Å². The summed E-state index contributed by atoms with van der Waals surface area (Å²) in [5.41, 5.74) is 7.35. The first-order chi connectivity index (χ1) is 9.10. The summed E-state index contributed by atoms with van der Waals surface area (Å²) in [6.07, 6.45) is 2.55. The first-order valence-corrected chi connectivity index (χ1v) is 6.54. The van der Waals surface area contributed by atoms with Crippen molar-refractivity contribution in [2.24, 2.45) is 17.6 Å². The monoisotopic (exact) mass is 260 g/mol. The molecule has 0 aliphatic carbocycles. The van der Waals surface area contributed by atoms with Crippen molar-refractivity contribution < 1.29 is 4.79 Å². The molecule has 1 atom stereocenters. The van der Waals surface area contributed by atoms with Gasteiger partial charge in [-0.25, -0.2) is 0 Å².